The molecule has 1 N–H and O–H groups in total. The maximum Gasteiger partial charge on any atom is 0.242 e. The Bertz CT molecular complexity index is 1020. The lowest BCUT2D eigenvalue weighted by molar-refractivity contribution is -0.122. The van der Waals surface area contributed by atoms with Gasteiger partial charge in [-0.05, 0) is 32.9 Å². The zero-order valence-corrected chi connectivity index (χ0v) is 16.3. The van der Waals surface area contributed by atoms with Gasteiger partial charge in [-0.2, -0.15) is 5.10 Å². The molecule has 2 heterocycles. The van der Waals surface area contributed by atoms with Crippen LogP contribution in [-0.4, -0.2) is 33.7 Å². The lowest BCUT2D eigenvalue weighted by Gasteiger charge is -2.05. The van der Waals surface area contributed by atoms with Gasteiger partial charge in [0.2, 0.25) is 5.91 Å². The molecule has 28 heavy (non-hydrogen) atoms. The Morgan fingerprint density at radius 3 is 2.71 bits per heavy atom. The van der Waals surface area contributed by atoms with Gasteiger partial charge in [0, 0.05) is 17.3 Å². The number of methoxy groups -OCH3 is 1. The van der Waals surface area contributed by atoms with Crippen molar-refractivity contribution in [1.82, 2.24) is 20.3 Å². The summed E-state index contributed by atoms with van der Waals surface area (Å²) in [6.45, 7) is 5.25. The lowest BCUT2D eigenvalue weighted by atomic mass is 10.1. The molecule has 0 saturated heterocycles. The van der Waals surface area contributed by atoms with Crippen LogP contribution in [0.2, 0.25) is 0 Å². The Kier molecular flexibility index (Phi) is 5.58. The molecule has 3 rings (SSSR count). The third kappa shape index (κ3) is 4.11. The molecule has 2 aromatic heterocycles. The van der Waals surface area contributed by atoms with Gasteiger partial charge in [0.15, 0.2) is 11.5 Å². The van der Waals surface area contributed by atoms with Crippen LogP contribution in [0.25, 0.3) is 11.3 Å². The zero-order chi connectivity index (χ0) is 20.3. The third-order valence-electron chi connectivity index (χ3n) is 4.41. The predicted molar refractivity (Wildman–Crippen MR) is 102 cm³/mol. The Balaban J connectivity index is 1.62. The number of ketones is 1. The number of carbonyl (C=O) groups is 2. The van der Waals surface area contributed by atoms with Crippen molar-refractivity contribution in [2.45, 2.75) is 33.9 Å². The number of Topliss-reactive ketones (excluding diaryl/α,β-unsaturated/α-hetero) is 1. The average molecular weight is 382 g/mol. The van der Waals surface area contributed by atoms with Gasteiger partial charge < -0.3 is 14.6 Å². The lowest BCUT2D eigenvalue weighted by Crippen LogP contribution is -2.27. The van der Waals surface area contributed by atoms with Crippen molar-refractivity contribution < 1.29 is 18.8 Å². The molecule has 0 aliphatic heterocycles. The highest BCUT2D eigenvalue weighted by Gasteiger charge is 2.17. The fourth-order valence-corrected chi connectivity index (χ4v) is 3.05. The van der Waals surface area contributed by atoms with Crippen molar-refractivity contribution >= 4 is 11.7 Å². The van der Waals surface area contributed by atoms with E-state index in [1.807, 2.05) is 24.3 Å². The maximum absolute atomic E-state index is 12.3. The average Bonchev–Trinajstić information content (AvgIpc) is 3.24. The molecule has 1 aromatic carbocycles. The number of hydrogen-bond acceptors (Lipinski definition) is 6. The van der Waals surface area contributed by atoms with Crippen molar-refractivity contribution in [3.05, 3.63) is 53.0 Å². The smallest absolute Gasteiger partial charge is 0.242 e. The highest BCUT2D eigenvalue weighted by Crippen LogP contribution is 2.23. The zero-order valence-electron chi connectivity index (χ0n) is 16.3. The highest BCUT2D eigenvalue weighted by molar-refractivity contribution is 5.96. The second-order valence-corrected chi connectivity index (χ2v) is 6.45. The minimum Gasteiger partial charge on any atom is -0.497 e. The van der Waals surface area contributed by atoms with Crippen LogP contribution in [0.3, 0.4) is 0 Å². The Morgan fingerprint density at radius 1 is 1.25 bits per heavy atom. The first-order valence-electron chi connectivity index (χ1n) is 8.80. The van der Waals surface area contributed by atoms with Crippen molar-refractivity contribution in [1.29, 1.82) is 0 Å². The number of amides is 1. The second-order valence-electron chi connectivity index (χ2n) is 6.45. The van der Waals surface area contributed by atoms with Crippen LogP contribution in [0.1, 0.15) is 34.4 Å². The van der Waals surface area contributed by atoms with Crippen molar-refractivity contribution in [2.24, 2.45) is 0 Å². The second kappa shape index (κ2) is 8.08. The summed E-state index contributed by atoms with van der Waals surface area (Å²) in [5.41, 5.74) is 3.38. The van der Waals surface area contributed by atoms with Crippen LogP contribution in [0, 0.1) is 13.8 Å². The quantitative estimate of drug-likeness (QED) is 0.631. The molecule has 0 bridgehead atoms. The number of rotatable bonds is 7. The summed E-state index contributed by atoms with van der Waals surface area (Å²) in [5.74, 6) is 0.961. The number of nitrogens with zero attached hydrogens (tertiary/aromatic N) is 3. The number of hydrogen-bond donors (Lipinski definition) is 1. The first-order valence-corrected chi connectivity index (χ1v) is 8.80. The molecule has 0 saturated carbocycles. The summed E-state index contributed by atoms with van der Waals surface area (Å²) in [7, 11) is 1.60. The van der Waals surface area contributed by atoms with Gasteiger partial charge >= 0.3 is 0 Å². The summed E-state index contributed by atoms with van der Waals surface area (Å²) in [5, 5.41) is 11.1. The van der Waals surface area contributed by atoms with Crippen molar-refractivity contribution in [3.8, 4) is 17.0 Å². The van der Waals surface area contributed by atoms with Gasteiger partial charge in [0.1, 0.15) is 18.0 Å². The van der Waals surface area contributed by atoms with E-state index in [1.165, 1.54) is 11.6 Å². The Morgan fingerprint density at radius 2 is 2.04 bits per heavy atom. The van der Waals surface area contributed by atoms with Gasteiger partial charge in [0.25, 0.3) is 0 Å². The maximum atomic E-state index is 12.3. The number of carbonyl (C=O) groups excluding carboxylic acids is 2. The fraction of sp³-hybridized carbons (Fsp3) is 0.300. The molecule has 0 fully saturated rings. The van der Waals surface area contributed by atoms with E-state index in [4.69, 9.17) is 9.26 Å². The summed E-state index contributed by atoms with van der Waals surface area (Å²) >= 11 is 0. The van der Waals surface area contributed by atoms with Gasteiger partial charge in [0.05, 0.1) is 24.9 Å². The number of aryl methyl sites for hydroxylation is 1. The number of nitrogens with one attached hydrogen (secondary N) is 1. The van der Waals surface area contributed by atoms with E-state index in [0.29, 0.717) is 28.4 Å². The van der Waals surface area contributed by atoms with E-state index in [0.717, 1.165) is 11.3 Å². The van der Waals surface area contributed by atoms with Gasteiger partial charge in [-0.3, -0.25) is 14.3 Å². The Hall–Kier alpha value is -3.42. The number of benzene rings is 1. The molecule has 8 heteroatoms. The standard InChI is InChI=1S/C20H22N4O4/c1-12-20(14(3)25)13(2)24(22-12)11-19(26)21-10-17-9-18(23-28-17)15-6-5-7-16(8-15)27-4/h5-9H,10-11H2,1-4H3,(H,21,26). The molecule has 0 aliphatic carbocycles. The normalized spacial score (nSPS) is 10.7. The van der Waals surface area contributed by atoms with Crippen LogP contribution >= 0.6 is 0 Å². The molecule has 1 amide bonds. The Labute approximate surface area is 162 Å². The minimum absolute atomic E-state index is 0.0246. The largest absolute Gasteiger partial charge is 0.497 e. The number of aromatic nitrogens is 3. The monoisotopic (exact) mass is 382 g/mol. The molecular weight excluding hydrogens is 360 g/mol. The molecule has 8 nitrogen and oxygen atoms in total. The first kappa shape index (κ1) is 19.3. The fourth-order valence-electron chi connectivity index (χ4n) is 3.05. The molecule has 0 radical (unpaired) electrons. The SMILES string of the molecule is COc1cccc(-c2cc(CNC(=O)Cn3nc(C)c(C(C)=O)c3C)on2)c1. The van der Waals surface area contributed by atoms with E-state index in [-0.39, 0.29) is 24.8 Å². The van der Waals surface area contributed by atoms with Crippen molar-refractivity contribution in [2.75, 3.05) is 7.11 Å². The van der Waals surface area contributed by atoms with Gasteiger partial charge in [-0.25, -0.2) is 0 Å². The third-order valence-corrected chi connectivity index (χ3v) is 4.41. The van der Waals surface area contributed by atoms with Crippen LogP contribution in [-0.2, 0) is 17.9 Å². The van der Waals surface area contributed by atoms with Crippen LogP contribution in [0.4, 0.5) is 0 Å². The first-order chi connectivity index (χ1) is 13.4. The summed E-state index contributed by atoms with van der Waals surface area (Å²) < 4.78 is 12.0. The molecule has 0 aliphatic rings. The van der Waals surface area contributed by atoms with Crippen LogP contribution in [0.5, 0.6) is 5.75 Å². The van der Waals surface area contributed by atoms with Crippen molar-refractivity contribution in [3.63, 3.8) is 0 Å². The molecule has 0 spiro atoms. The number of ether oxygens (including phenoxy) is 1. The summed E-state index contributed by atoms with van der Waals surface area (Å²) in [6.07, 6.45) is 0. The van der Waals surface area contributed by atoms with E-state index in [9.17, 15) is 9.59 Å². The van der Waals surface area contributed by atoms with E-state index in [2.05, 4.69) is 15.6 Å². The van der Waals surface area contributed by atoms with E-state index >= 15 is 0 Å². The molecule has 146 valence electrons. The summed E-state index contributed by atoms with van der Waals surface area (Å²) in [6, 6.07) is 9.25. The van der Waals surface area contributed by atoms with E-state index in [1.54, 1.807) is 27.0 Å². The molecule has 0 atom stereocenters. The van der Waals surface area contributed by atoms with Gasteiger partial charge in [-0.15, -0.1) is 0 Å². The van der Waals surface area contributed by atoms with Crippen LogP contribution < -0.4 is 10.1 Å². The summed E-state index contributed by atoms with van der Waals surface area (Å²) in [4.78, 5) is 23.9. The molecular formula is C20H22N4O4. The van der Waals surface area contributed by atoms with E-state index < -0.39 is 0 Å². The highest BCUT2D eigenvalue weighted by atomic mass is 16.5. The van der Waals surface area contributed by atoms with Gasteiger partial charge in [-0.1, -0.05) is 17.3 Å². The molecule has 3 aromatic rings. The molecule has 0 unspecified atom stereocenters. The minimum atomic E-state index is -0.236. The predicted octanol–water partition coefficient (Wildman–Crippen LogP) is 2.68. The van der Waals surface area contributed by atoms with Crippen LogP contribution in [0.15, 0.2) is 34.9 Å². The topological polar surface area (TPSA) is 99.2 Å².